The van der Waals surface area contributed by atoms with Crippen molar-refractivity contribution in [1.82, 2.24) is 19.7 Å². The van der Waals surface area contributed by atoms with E-state index in [1.54, 1.807) is 30.5 Å². The number of hydrogen-bond acceptors (Lipinski definition) is 8. The Morgan fingerprint density at radius 2 is 1.88 bits per heavy atom. The molecule has 2 N–H and O–H groups in total. The van der Waals surface area contributed by atoms with E-state index in [2.05, 4.69) is 59.5 Å². The summed E-state index contributed by atoms with van der Waals surface area (Å²) in [4.78, 5) is 29.8. The molecule has 0 radical (unpaired) electrons. The number of sulfonamides is 1. The van der Waals surface area contributed by atoms with Gasteiger partial charge < -0.3 is 10.2 Å². The molecule has 41 heavy (non-hydrogen) atoms. The SMILES string of the molecule is CC(C)(C)c1ccc2c(n1)N1CC3(CC3CC(c3cc(Cl)ccn3)Nc3cccc(n3)S(=O)(=O)NC2=O)CC1(C)C. The van der Waals surface area contributed by atoms with Crippen LogP contribution in [0.5, 0.6) is 0 Å². The zero-order chi connectivity index (χ0) is 29.4. The van der Waals surface area contributed by atoms with Crippen LogP contribution in [0.4, 0.5) is 11.6 Å². The van der Waals surface area contributed by atoms with Crippen LogP contribution in [-0.4, -0.2) is 41.4 Å². The summed E-state index contributed by atoms with van der Waals surface area (Å²) < 4.78 is 29.1. The third-order valence-corrected chi connectivity index (χ3v) is 10.1. The van der Waals surface area contributed by atoms with Crippen molar-refractivity contribution >= 4 is 39.2 Å². The van der Waals surface area contributed by atoms with Gasteiger partial charge in [-0.25, -0.2) is 14.7 Å². The first-order chi connectivity index (χ1) is 19.2. The average Bonchev–Trinajstić information content (AvgIpc) is 3.46. The van der Waals surface area contributed by atoms with E-state index in [-0.39, 0.29) is 33.0 Å². The highest BCUT2D eigenvalue weighted by atomic mass is 35.5. The standard InChI is InChI=1S/C30H35ClN6O3S/c1-28(2,3)23-10-9-20-26(34-23)37-17-30(16-29(37,4)5)15-18(30)13-22(21-14-19(31)11-12-32-21)33-24-7-6-8-25(35-24)41(39,40)36-27(20)38/h6-12,14,18,22H,13,15-17H2,1-5H3,(H,33,35)(H,36,38). The van der Waals surface area contributed by atoms with Crippen LogP contribution < -0.4 is 14.9 Å². The molecule has 1 aliphatic carbocycles. The van der Waals surface area contributed by atoms with Crippen molar-refractivity contribution in [3.63, 3.8) is 0 Å². The third-order valence-electron chi connectivity index (χ3n) is 8.66. The largest absolute Gasteiger partial charge is 0.362 e. The van der Waals surface area contributed by atoms with E-state index in [9.17, 15) is 13.2 Å². The summed E-state index contributed by atoms with van der Waals surface area (Å²) in [6, 6.07) is 11.5. The molecule has 3 atom stereocenters. The molecule has 4 bridgehead atoms. The fourth-order valence-electron chi connectivity index (χ4n) is 6.53. The summed E-state index contributed by atoms with van der Waals surface area (Å²) in [5, 5.41) is 3.74. The number of aromatic nitrogens is 3. The lowest BCUT2D eigenvalue weighted by Crippen LogP contribution is -2.41. The van der Waals surface area contributed by atoms with E-state index in [0.717, 1.165) is 37.2 Å². The van der Waals surface area contributed by atoms with E-state index in [1.165, 1.54) is 6.07 Å². The van der Waals surface area contributed by atoms with E-state index < -0.39 is 15.9 Å². The Morgan fingerprint density at radius 1 is 1.10 bits per heavy atom. The smallest absolute Gasteiger partial charge is 0.281 e. The monoisotopic (exact) mass is 594 g/mol. The highest BCUT2D eigenvalue weighted by molar-refractivity contribution is 7.90. The molecule has 3 unspecified atom stereocenters. The zero-order valence-corrected chi connectivity index (χ0v) is 25.5. The molecule has 2 aliphatic heterocycles. The molecule has 1 amide bonds. The van der Waals surface area contributed by atoms with Gasteiger partial charge in [-0.05, 0) is 80.8 Å². The molecular weight excluding hydrogens is 560 g/mol. The van der Waals surface area contributed by atoms with Crippen molar-refractivity contribution in [3.05, 3.63) is 70.6 Å². The van der Waals surface area contributed by atoms with Crippen LogP contribution in [0.3, 0.4) is 0 Å². The molecule has 1 saturated carbocycles. The Balaban J connectivity index is 1.50. The van der Waals surface area contributed by atoms with Crippen LogP contribution in [0.25, 0.3) is 0 Å². The number of carbonyl (C=O) groups is 1. The average molecular weight is 595 g/mol. The Hall–Kier alpha value is -3.24. The van der Waals surface area contributed by atoms with Gasteiger partial charge in [-0.15, -0.1) is 0 Å². The molecule has 1 spiro atoms. The van der Waals surface area contributed by atoms with Crippen LogP contribution in [-0.2, 0) is 15.4 Å². The number of halogens is 1. The minimum absolute atomic E-state index is 0.0384. The maximum atomic E-state index is 13.6. The maximum Gasteiger partial charge on any atom is 0.281 e. The van der Waals surface area contributed by atoms with Crippen molar-refractivity contribution in [2.24, 2.45) is 11.3 Å². The summed E-state index contributed by atoms with van der Waals surface area (Å²) >= 11 is 6.34. The fourth-order valence-corrected chi connectivity index (χ4v) is 7.63. The Bertz CT molecular complexity index is 1650. The normalized spacial score (nSPS) is 26.5. The highest BCUT2D eigenvalue weighted by Crippen LogP contribution is 2.65. The molecule has 3 aliphatic rings. The lowest BCUT2D eigenvalue weighted by atomic mass is 9.90. The van der Waals surface area contributed by atoms with Gasteiger partial charge in [-0.1, -0.05) is 38.4 Å². The molecule has 9 nitrogen and oxygen atoms in total. The summed E-state index contributed by atoms with van der Waals surface area (Å²) in [6.45, 7) is 11.3. The lowest BCUT2D eigenvalue weighted by molar-refractivity contribution is 0.0981. The second kappa shape index (κ2) is 9.39. The van der Waals surface area contributed by atoms with Gasteiger partial charge in [0.15, 0.2) is 5.03 Å². The molecule has 5 heterocycles. The predicted octanol–water partition coefficient (Wildman–Crippen LogP) is 5.49. The maximum absolute atomic E-state index is 13.6. The van der Waals surface area contributed by atoms with Crippen molar-refractivity contribution in [2.45, 2.75) is 75.9 Å². The quantitative estimate of drug-likeness (QED) is 0.380. The number of anilines is 2. The first-order valence-corrected chi connectivity index (χ1v) is 15.7. The molecule has 11 heteroatoms. The van der Waals surface area contributed by atoms with Gasteiger partial charge in [-0.3, -0.25) is 9.78 Å². The van der Waals surface area contributed by atoms with Gasteiger partial charge in [0.05, 0.1) is 17.3 Å². The Labute approximate surface area is 246 Å². The predicted molar refractivity (Wildman–Crippen MR) is 159 cm³/mol. The number of nitrogens with zero attached hydrogens (tertiary/aromatic N) is 4. The van der Waals surface area contributed by atoms with Gasteiger partial charge >= 0.3 is 0 Å². The van der Waals surface area contributed by atoms with E-state index in [0.29, 0.717) is 22.6 Å². The number of amides is 1. The highest BCUT2D eigenvalue weighted by Gasteiger charge is 2.63. The molecular formula is C30H35ClN6O3S. The second-order valence-electron chi connectivity index (χ2n) is 13.3. The number of nitrogens with one attached hydrogen (secondary N) is 2. The first-order valence-electron chi connectivity index (χ1n) is 13.9. The number of hydrogen-bond donors (Lipinski definition) is 2. The van der Waals surface area contributed by atoms with E-state index in [4.69, 9.17) is 16.6 Å². The first kappa shape index (κ1) is 27.9. The van der Waals surface area contributed by atoms with Gasteiger partial charge in [0, 0.05) is 34.4 Å². The van der Waals surface area contributed by atoms with Gasteiger partial charge in [0.25, 0.3) is 15.9 Å². The van der Waals surface area contributed by atoms with Gasteiger partial charge in [-0.2, -0.15) is 8.42 Å². The molecule has 2 fully saturated rings. The number of fused-ring (bicyclic) bond motifs is 5. The lowest BCUT2D eigenvalue weighted by Gasteiger charge is -2.34. The van der Waals surface area contributed by atoms with Crippen LogP contribution in [0, 0.1) is 11.3 Å². The van der Waals surface area contributed by atoms with Crippen molar-refractivity contribution in [2.75, 3.05) is 16.8 Å². The number of pyridine rings is 3. The number of rotatable bonds is 1. The van der Waals surface area contributed by atoms with Crippen molar-refractivity contribution < 1.29 is 13.2 Å². The van der Waals surface area contributed by atoms with Crippen LogP contribution in [0.2, 0.25) is 5.02 Å². The molecule has 6 rings (SSSR count). The topological polar surface area (TPSA) is 117 Å². The van der Waals surface area contributed by atoms with E-state index in [1.807, 2.05) is 12.1 Å². The van der Waals surface area contributed by atoms with E-state index >= 15 is 0 Å². The Morgan fingerprint density at radius 3 is 2.61 bits per heavy atom. The molecule has 3 aromatic heterocycles. The zero-order valence-electron chi connectivity index (χ0n) is 23.9. The van der Waals surface area contributed by atoms with Crippen LogP contribution in [0.1, 0.15) is 81.7 Å². The van der Waals surface area contributed by atoms with Crippen LogP contribution >= 0.6 is 11.6 Å². The van der Waals surface area contributed by atoms with Crippen molar-refractivity contribution in [3.8, 4) is 0 Å². The molecule has 1 saturated heterocycles. The number of carbonyl (C=O) groups excluding carboxylic acids is 1. The van der Waals surface area contributed by atoms with Crippen LogP contribution in [0.15, 0.2) is 53.7 Å². The van der Waals surface area contributed by atoms with Crippen molar-refractivity contribution in [1.29, 1.82) is 0 Å². The minimum Gasteiger partial charge on any atom is -0.362 e. The van der Waals surface area contributed by atoms with Gasteiger partial charge in [0.2, 0.25) is 0 Å². The molecule has 216 valence electrons. The molecule has 0 aromatic carbocycles. The summed E-state index contributed by atoms with van der Waals surface area (Å²) in [7, 11) is -4.28. The fraction of sp³-hybridized carbons (Fsp3) is 0.467. The third kappa shape index (κ3) is 5.16. The molecule has 3 aromatic rings. The Kier molecular flexibility index (Phi) is 6.39. The summed E-state index contributed by atoms with van der Waals surface area (Å²) in [5.41, 5.74) is 1.31. The van der Waals surface area contributed by atoms with Gasteiger partial charge in [0.1, 0.15) is 11.6 Å². The minimum atomic E-state index is -4.28. The summed E-state index contributed by atoms with van der Waals surface area (Å²) in [6.07, 6.45) is 4.41. The summed E-state index contributed by atoms with van der Waals surface area (Å²) in [5.74, 6) is 0.542. The second-order valence-corrected chi connectivity index (χ2v) is 15.3.